The number of nitrogens with one attached hydrogen (secondary N) is 1. The number of Topliss-reactive ketones (excluding diaryl/α,β-unsaturated/α-hetero) is 1. The molecule has 2 fully saturated rings. The van der Waals surface area contributed by atoms with Crippen molar-refractivity contribution in [3.8, 4) is 0 Å². The maximum atomic E-state index is 11.3. The van der Waals surface area contributed by atoms with Gasteiger partial charge in [0.1, 0.15) is 5.78 Å². The summed E-state index contributed by atoms with van der Waals surface area (Å²) in [5.41, 5.74) is 2.85. The Morgan fingerprint density at radius 3 is 3.08 bits per heavy atom. The highest BCUT2D eigenvalue weighted by Gasteiger charge is 2.46. The Balaban J connectivity index is 2.15. The van der Waals surface area contributed by atoms with Crippen LogP contribution in [0.5, 0.6) is 0 Å². The third-order valence-corrected chi connectivity index (χ3v) is 2.80. The van der Waals surface area contributed by atoms with Crippen LogP contribution in [0.25, 0.3) is 0 Å². The molecule has 0 saturated carbocycles. The molecule has 3 unspecified atom stereocenters. The minimum Gasteiger partial charge on any atom is -0.298 e. The van der Waals surface area contributed by atoms with E-state index < -0.39 is 0 Å². The lowest BCUT2D eigenvalue weighted by Crippen LogP contribution is -2.37. The number of likely N-dealkylation sites (tertiary alicyclic amines) is 1. The molecule has 3 atom stereocenters. The molecule has 1 N–H and O–H groups in total. The van der Waals surface area contributed by atoms with Crippen molar-refractivity contribution in [1.82, 2.24) is 10.4 Å². The van der Waals surface area contributed by atoms with Crippen LogP contribution in [0.1, 0.15) is 6.92 Å². The van der Waals surface area contributed by atoms with E-state index in [2.05, 4.69) is 10.4 Å². The van der Waals surface area contributed by atoms with Crippen molar-refractivity contribution in [2.75, 3.05) is 20.1 Å². The van der Waals surface area contributed by atoms with Gasteiger partial charge in [-0.05, 0) is 14.0 Å². The van der Waals surface area contributed by atoms with Crippen LogP contribution >= 0.6 is 0 Å². The number of hydroxylamine groups is 1. The molecular weight excluding hydrogens is 156 g/mol. The second kappa shape index (κ2) is 2.80. The van der Waals surface area contributed by atoms with Crippen LogP contribution in [0.15, 0.2) is 0 Å². The zero-order valence-electron chi connectivity index (χ0n) is 7.41. The van der Waals surface area contributed by atoms with Crippen molar-refractivity contribution >= 4 is 5.78 Å². The van der Waals surface area contributed by atoms with Gasteiger partial charge in [0.2, 0.25) is 0 Å². The van der Waals surface area contributed by atoms with Gasteiger partial charge in [-0.25, -0.2) is 5.48 Å². The zero-order chi connectivity index (χ0) is 8.72. The summed E-state index contributed by atoms with van der Waals surface area (Å²) in [6.07, 6.45) is 0.212. The second-order valence-corrected chi connectivity index (χ2v) is 3.66. The number of nitrogens with zero attached hydrogens (tertiary/aromatic N) is 1. The zero-order valence-corrected chi connectivity index (χ0v) is 7.41. The first-order valence-electron chi connectivity index (χ1n) is 4.29. The van der Waals surface area contributed by atoms with Gasteiger partial charge in [-0.2, -0.15) is 0 Å². The molecule has 0 amide bonds. The fourth-order valence-electron chi connectivity index (χ4n) is 2.29. The fraction of sp³-hybridized carbons (Fsp3) is 0.875. The normalized spacial score (nSPS) is 41.7. The number of carbonyl (C=O) groups is 1. The molecule has 68 valence electrons. The van der Waals surface area contributed by atoms with Gasteiger partial charge in [0.15, 0.2) is 0 Å². The topological polar surface area (TPSA) is 41.6 Å². The predicted octanol–water partition coefficient (Wildman–Crippen LogP) is -0.591. The summed E-state index contributed by atoms with van der Waals surface area (Å²) >= 11 is 0. The first kappa shape index (κ1) is 8.16. The lowest BCUT2D eigenvalue weighted by molar-refractivity contribution is -0.121. The van der Waals surface area contributed by atoms with Crippen molar-refractivity contribution in [2.45, 2.75) is 19.1 Å². The van der Waals surface area contributed by atoms with Gasteiger partial charge < -0.3 is 0 Å². The van der Waals surface area contributed by atoms with E-state index in [9.17, 15) is 4.79 Å². The van der Waals surface area contributed by atoms with Crippen molar-refractivity contribution < 1.29 is 9.63 Å². The first-order chi connectivity index (χ1) is 5.70. The summed E-state index contributed by atoms with van der Waals surface area (Å²) in [4.78, 5) is 18.6. The summed E-state index contributed by atoms with van der Waals surface area (Å²) < 4.78 is 0. The summed E-state index contributed by atoms with van der Waals surface area (Å²) in [5, 5.41) is 0. The van der Waals surface area contributed by atoms with Gasteiger partial charge >= 0.3 is 0 Å². The molecule has 4 heteroatoms. The molecule has 12 heavy (non-hydrogen) atoms. The molecule has 0 radical (unpaired) electrons. The van der Waals surface area contributed by atoms with Crippen molar-refractivity contribution in [2.24, 2.45) is 5.92 Å². The van der Waals surface area contributed by atoms with Crippen LogP contribution < -0.4 is 5.48 Å². The lowest BCUT2D eigenvalue weighted by atomic mass is 9.97. The highest BCUT2D eigenvalue weighted by atomic mass is 16.7. The molecule has 4 nitrogen and oxygen atoms in total. The highest BCUT2D eigenvalue weighted by molar-refractivity contribution is 5.82. The van der Waals surface area contributed by atoms with E-state index in [4.69, 9.17) is 4.84 Å². The predicted molar refractivity (Wildman–Crippen MR) is 43.5 cm³/mol. The number of hydrogen-bond donors (Lipinski definition) is 1. The molecule has 0 spiro atoms. The van der Waals surface area contributed by atoms with Crippen molar-refractivity contribution in [3.63, 3.8) is 0 Å². The van der Waals surface area contributed by atoms with Crippen molar-refractivity contribution in [1.29, 1.82) is 0 Å². The molecule has 2 aliphatic heterocycles. The Labute approximate surface area is 71.8 Å². The maximum absolute atomic E-state index is 11.3. The van der Waals surface area contributed by atoms with Crippen LogP contribution in [-0.4, -0.2) is 43.0 Å². The van der Waals surface area contributed by atoms with Crippen LogP contribution in [0, 0.1) is 5.92 Å². The maximum Gasteiger partial charge on any atom is 0.147 e. The third-order valence-electron chi connectivity index (χ3n) is 2.80. The summed E-state index contributed by atoms with van der Waals surface area (Å²) in [6.45, 7) is 3.32. The van der Waals surface area contributed by atoms with Gasteiger partial charge in [0, 0.05) is 19.0 Å². The molecule has 2 rings (SSSR count). The first-order valence-corrected chi connectivity index (χ1v) is 4.29. The van der Waals surface area contributed by atoms with E-state index in [1.807, 2.05) is 7.05 Å². The van der Waals surface area contributed by atoms with E-state index in [1.165, 1.54) is 0 Å². The van der Waals surface area contributed by atoms with E-state index in [0.29, 0.717) is 5.92 Å². The Kier molecular flexibility index (Phi) is 1.90. The van der Waals surface area contributed by atoms with Crippen LogP contribution in [0.3, 0.4) is 0 Å². The molecule has 2 aliphatic rings. The van der Waals surface area contributed by atoms with E-state index in [-0.39, 0.29) is 17.9 Å². The quantitative estimate of drug-likeness (QED) is 0.571. The Morgan fingerprint density at radius 2 is 2.42 bits per heavy atom. The minimum atomic E-state index is 0.0602. The average Bonchev–Trinajstić information content (AvgIpc) is 2.44. The van der Waals surface area contributed by atoms with Crippen LogP contribution in [0.4, 0.5) is 0 Å². The average molecular weight is 170 g/mol. The summed E-state index contributed by atoms with van der Waals surface area (Å²) in [5.74, 6) is 0.602. The number of hydrogen-bond acceptors (Lipinski definition) is 4. The highest BCUT2D eigenvalue weighted by Crippen LogP contribution is 2.28. The summed E-state index contributed by atoms with van der Waals surface area (Å²) in [7, 11) is 1.98. The number of rotatable bonds is 1. The van der Waals surface area contributed by atoms with E-state index >= 15 is 0 Å². The van der Waals surface area contributed by atoms with Gasteiger partial charge in [-0.1, -0.05) is 0 Å². The minimum absolute atomic E-state index is 0.0602. The van der Waals surface area contributed by atoms with E-state index in [1.54, 1.807) is 6.92 Å². The molecule has 0 aromatic heterocycles. The Morgan fingerprint density at radius 1 is 1.67 bits per heavy atom. The lowest BCUT2D eigenvalue weighted by Gasteiger charge is -2.19. The van der Waals surface area contributed by atoms with Crippen LogP contribution in [-0.2, 0) is 9.63 Å². The van der Waals surface area contributed by atoms with Gasteiger partial charge in [0.25, 0.3) is 0 Å². The van der Waals surface area contributed by atoms with Crippen LogP contribution in [0.2, 0.25) is 0 Å². The molecule has 0 aliphatic carbocycles. The standard InChI is InChI=1S/C8H14N2O2/c1-5(11)8-6-3-9-12-7(6)4-10(8)2/h6-9H,3-4H2,1-2H3. The number of carbonyl (C=O) groups excluding carboxylic acids is 1. The molecule has 0 aromatic carbocycles. The van der Waals surface area contributed by atoms with Crippen molar-refractivity contribution in [3.05, 3.63) is 0 Å². The fourth-order valence-corrected chi connectivity index (χ4v) is 2.29. The SMILES string of the molecule is CC(=O)C1C2CNOC2CN1C. The second-order valence-electron chi connectivity index (χ2n) is 3.66. The smallest absolute Gasteiger partial charge is 0.147 e. The monoisotopic (exact) mass is 170 g/mol. The Bertz CT molecular complexity index is 207. The van der Waals surface area contributed by atoms with Gasteiger partial charge in [-0.15, -0.1) is 0 Å². The largest absolute Gasteiger partial charge is 0.298 e. The summed E-state index contributed by atoms with van der Waals surface area (Å²) in [6, 6.07) is 0.0602. The van der Waals surface area contributed by atoms with Gasteiger partial charge in [0.05, 0.1) is 12.1 Å². The van der Waals surface area contributed by atoms with Gasteiger partial charge in [-0.3, -0.25) is 14.5 Å². The number of fused-ring (bicyclic) bond motifs is 1. The third kappa shape index (κ3) is 1.07. The molecule has 0 bridgehead atoms. The van der Waals surface area contributed by atoms with E-state index in [0.717, 1.165) is 13.1 Å². The molecular formula is C8H14N2O2. The number of ketones is 1. The Hall–Kier alpha value is -0.450. The molecule has 2 saturated heterocycles. The number of likely N-dealkylation sites (N-methyl/N-ethyl adjacent to an activating group) is 1. The molecule has 0 aromatic rings. The molecule has 2 heterocycles.